The number of hydrogen-bond donors (Lipinski definition) is 2. The molecule has 0 spiro atoms. The van der Waals surface area contributed by atoms with Crippen LogP contribution in [0, 0.1) is 0 Å². The number of nitrogens with zero attached hydrogens (tertiary/aromatic N) is 2. The molecule has 0 saturated carbocycles. The summed E-state index contributed by atoms with van der Waals surface area (Å²) < 4.78 is 13.3. The third kappa shape index (κ3) is 5.25. The van der Waals surface area contributed by atoms with Crippen LogP contribution in [0.4, 0.5) is 5.69 Å². The smallest absolute Gasteiger partial charge is 0.276 e. The van der Waals surface area contributed by atoms with Crippen LogP contribution in [0.5, 0.6) is 5.75 Å². The van der Waals surface area contributed by atoms with Gasteiger partial charge in [-0.3, -0.25) is 9.48 Å². The van der Waals surface area contributed by atoms with E-state index in [1.807, 2.05) is 35.1 Å². The summed E-state index contributed by atoms with van der Waals surface area (Å²) in [6, 6.07) is 9.51. The van der Waals surface area contributed by atoms with E-state index in [0.29, 0.717) is 24.0 Å². The fourth-order valence-corrected chi connectivity index (χ4v) is 3.55. The molecule has 28 heavy (non-hydrogen) atoms. The zero-order valence-corrected chi connectivity index (χ0v) is 16.6. The van der Waals surface area contributed by atoms with Gasteiger partial charge in [0.05, 0.1) is 12.1 Å². The van der Waals surface area contributed by atoms with Gasteiger partial charge in [-0.2, -0.15) is 5.10 Å². The third-order valence-electron chi connectivity index (χ3n) is 5.04. The lowest BCUT2D eigenvalue weighted by Crippen LogP contribution is -2.32. The lowest BCUT2D eigenvalue weighted by Gasteiger charge is -2.22. The van der Waals surface area contributed by atoms with E-state index in [-0.39, 0.29) is 24.4 Å². The van der Waals surface area contributed by atoms with Gasteiger partial charge < -0.3 is 20.1 Å². The number of amides is 1. The number of carbonyl (C=O) groups is 1. The maximum Gasteiger partial charge on any atom is 0.276 e. The highest BCUT2D eigenvalue weighted by Gasteiger charge is 2.18. The Morgan fingerprint density at radius 3 is 3.04 bits per heavy atom. The maximum absolute atomic E-state index is 12.5. The van der Waals surface area contributed by atoms with Gasteiger partial charge in [-0.1, -0.05) is 6.07 Å². The molecule has 2 fully saturated rings. The Kier molecular flexibility index (Phi) is 7.30. The van der Waals surface area contributed by atoms with Gasteiger partial charge in [0.2, 0.25) is 0 Å². The van der Waals surface area contributed by atoms with Crippen LogP contribution in [0.1, 0.15) is 42.2 Å². The van der Waals surface area contributed by atoms with Gasteiger partial charge in [0, 0.05) is 31.1 Å². The van der Waals surface area contributed by atoms with Crippen LogP contribution in [0.15, 0.2) is 36.5 Å². The van der Waals surface area contributed by atoms with Crippen molar-refractivity contribution in [3.63, 3.8) is 0 Å². The maximum atomic E-state index is 12.5. The average molecular weight is 407 g/mol. The first-order valence-electron chi connectivity index (χ1n) is 9.69. The van der Waals surface area contributed by atoms with Crippen LogP contribution in [0.25, 0.3) is 0 Å². The SMILES string of the molecule is Cl.O=C(Nc1cccc(OCC2CCCO2)c1)c1ccn(C2CCCNC2)n1. The molecule has 2 aliphatic heterocycles. The summed E-state index contributed by atoms with van der Waals surface area (Å²) in [5, 5.41) is 10.7. The summed E-state index contributed by atoms with van der Waals surface area (Å²) in [7, 11) is 0. The summed E-state index contributed by atoms with van der Waals surface area (Å²) in [6.07, 6.45) is 6.39. The molecule has 1 aromatic carbocycles. The van der Waals surface area contributed by atoms with Crippen LogP contribution in [-0.4, -0.2) is 48.1 Å². The Morgan fingerprint density at radius 1 is 1.32 bits per heavy atom. The summed E-state index contributed by atoms with van der Waals surface area (Å²) in [5.74, 6) is 0.510. The number of hydrogen-bond acceptors (Lipinski definition) is 5. The number of ether oxygens (including phenoxy) is 2. The minimum absolute atomic E-state index is 0. The van der Waals surface area contributed by atoms with Crippen molar-refractivity contribution in [3.05, 3.63) is 42.2 Å². The Balaban J connectivity index is 0.00000225. The Labute approximate surface area is 171 Å². The molecular weight excluding hydrogens is 380 g/mol. The fraction of sp³-hybridized carbons (Fsp3) is 0.500. The topological polar surface area (TPSA) is 77.4 Å². The van der Waals surface area contributed by atoms with Crippen molar-refractivity contribution in [2.75, 3.05) is 31.6 Å². The highest BCUT2D eigenvalue weighted by atomic mass is 35.5. The second-order valence-electron chi connectivity index (χ2n) is 7.11. The van der Waals surface area contributed by atoms with Crippen LogP contribution >= 0.6 is 12.4 Å². The normalized spacial score (nSPS) is 21.7. The van der Waals surface area contributed by atoms with E-state index in [0.717, 1.165) is 51.1 Å². The predicted octanol–water partition coefficient (Wildman–Crippen LogP) is 3.04. The average Bonchev–Trinajstić information content (AvgIpc) is 3.39. The number of piperidine rings is 1. The number of carbonyl (C=O) groups excluding carboxylic acids is 1. The molecule has 4 rings (SSSR count). The van der Waals surface area contributed by atoms with Crippen molar-refractivity contribution >= 4 is 24.0 Å². The molecule has 2 aromatic rings. The molecule has 8 heteroatoms. The number of benzene rings is 1. The first-order chi connectivity index (χ1) is 13.3. The molecule has 2 aliphatic rings. The van der Waals surface area contributed by atoms with Gasteiger partial charge >= 0.3 is 0 Å². The number of halogens is 1. The third-order valence-corrected chi connectivity index (χ3v) is 5.04. The molecule has 0 radical (unpaired) electrons. The molecule has 7 nitrogen and oxygen atoms in total. The zero-order valence-electron chi connectivity index (χ0n) is 15.8. The van der Waals surface area contributed by atoms with Gasteiger partial charge in [-0.25, -0.2) is 0 Å². The Morgan fingerprint density at radius 2 is 2.25 bits per heavy atom. The molecule has 0 aliphatic carbocycles. The van der Waals surface area contributed by atoms with Gasteiger partial charge in [0.15, 0.2) is 5.69 Å². The van der Waals surface area contributed by atoms with Crippen molar-refractivity contribution in [1.82, 2.24) is 15.1 Å². The highest BCUT2D eigenvalue weighted by molar-refractivity contribution is 6.02. The van der Waals surface area contributed by atoms with E-state index in [1.54, 1.807) is 6.07 Å². The van der Waals surface area contributed by atoms with Crippen LogP contribution in [0.3, 0.4) is 0 Å². The first kappa shape index (κ1) is 20.6. The fourth-order valence-electron chi connectivity index (χ4n) is 3.55. The van der Waals surface area contributed by atoms with E-state index in [4.69, 9.17) is 9.47 Å². The Hall–Kier alpha value is -2.09. The molecule has 152 valence electrons. The summed E-state index contributed by atoms with van der Waals surface area (Å²) in [5.41, 5.74) is 1.12. The van der Waals surface area contributed by atoms with Crippen LogP contribution in [0.2, 0.25) is 0 Å². The van der Waals surface area contributed by atoms with E-state index < -0.39 is 0 Å². The van der Waals surface area contributed by atoms with Crippen molar-refractivity contribution < 1.29 is 14.3 Å². The van der Waals surface area contributed by atoms with Gasteiger partial charge in [0.1, 0.15) is 12.4 Å². The van der Waals surface area contributed by atoms with Crippen LogP contribution < -0.4 is 15.4 Å². The van der Waals surface area contributed by atoms with Gasteiger partial charge in [-0.15, -0.1) is 12.4 Å². The van der Waals surface area contributed by atoms with Gasteiger partial charge in [-0.05, 0) is 50.4 Å². The van der Waals surface area contributed by atoms with E-state index in [2.05, 4.69) is 15.7 Å². The summed E-state index contributed by atoms with van der Waals surface area (Å²) >= 11 is 0. The molecule has 2 N–H and O–H groups in total. The molecular formula is C20H27ClN4O3. The molecule has 2 saturated heterocycles. The molecule has 1 amide bonds. The van der Waals surface area contributed by atoms with Gasteiger partial charge in [0.25, 0.3) is 5.91 Å². The summed E-state index contributed by atoms with van der Waals surface area (Å²) in [6.45, 7) is 3.30. The first-order valence-corrected chi connectivity index (χ1v) is 9.69. The number of nitrogens with one attached hydrogen (secondary N) is 2. The summed E-state index contributed by atoms with van der Waals surface area (Å²) in [4.78, 5) is 12.5. The molecule has 3 heterocycles. The predicted molar refractivity (Wildman–Crippen MR) is 109 cm³/mol. The number of aromatic nitrogens is 2. The lowest BCUT2D eigenvalue weighted by molar-refractivity contribution is 0.0680. The van der Waals surface area contributed by atoms with E-state index in [9.17, 15) is 4.79 Å². The lowest BCUT2D eigenvalue weighted by atomic mass is 10.1. The standard InChI is InChI=1S/C20H26N4O3.ClH/c25-20(19-8-10-24(23-19)16-5-2-9-21-13-16)22-15-4-1-6-17(12-15)27-14-18-7-3-11-26-18;/h1,4,6,8,10,12,16,18,21H,2-3,5,7,9,11,13-14H2,(H,22,25);1H. The second-order valence-corrected chi connectivity index (χ2v) is 7.11. The molecule has 2 atom stereocenters. The minimum atomic E-state index is -0.214. The van der Waals surface area contributed by atoms with Crippen molar-refractivity contribution in [2.45, 2.75) is 37.8 Å². The number of anilines is 1. The van der Waals surface area contributed by atoms with Crippen molar-refractivity contribution in [3.8, 4) is 5.75 Å². The number of rotatable bonds is 6. The zero-order chi connectivity index (χ0) is 18.5. The van der Waals surface area contributed by atoms with E-state index in [1.165, 1.54) is 0 Å². The highest BCUT2D eigenvalue weighted by Crippen LogP contribution is 2.21. The second kappa shape index (κ2) is 9.91. The van der Waals surface area contributed by atoms with E-state index >= 15 is 0 Å². The molecule has 1 aromatic heterocycles. The molecule has 2 unspecified atom stereocenters. The Bertz CT molecular complexity index is 770. The molecule has 0 bridgehead atoms. The largest absolute Gasteiger partial charge is 0.491 e. The quantitative estimate of drug-likeness (QED) is 0.771. The van der Waals surface area contributed by atoms with Crippen LogP contribution in [-0.2, 0) is 4.74 Å². The van der Waals surface area contributed by atoms with Crippen molar-refractivity contribution in [1.29, 1.82) is 0 Å². The monoisotopic (exact) mass is 406 g/mol. The minimum Gasteiger partial charge on any atom is -0.491 e. The van der Waals surface area contributed by atoms with Crippen molar-refractivity contribution in [2.24, 2.45) is 0 Å².